The van der Waals surface area contributed by atoms with Gasteiger partial charge in [-0.2, -0.15) is 0 Å². The zero-order valence-electron chi connectivity index (χ0n) is 16.4. The molecule has 2 N–H and O–H groups in total. The average molecular weight is 368 g/mol. The Bertz CT molecular complexity index is 769. The molecule has 0 aliphatic carbocycles. The first-order chi connectivity index (χ1) is 12.9. The molecule has 0 aliphatic rings. The smallest absolute Gasteiger partial charge is 0.251 e. The minimum atomic E-state index is -0.600. The highest BCUT2D eigenvalue weighted by atomic mass is 16.5. The van der Waals surface area contributed by atoms with Gasteiger partial charge in [0.2, 0.25) is 5.91 Å². The number of carbonyl (C=O) groups is 2. The number of hydrogen-bond acceptors (Lipinski definition) is 3. The lowest BCUT2D eigenvalue weighted by atomic mass is 10.0. The molecule has 2 aromatic carbocycles. The second-order valence-corrected chi connectivity index (χ2v) is 7.02. The van der Waals surface area contributed by atoms with Crippen LogP contribution in [0.15, 0.2) is 48.5 Å². The highest BCUT2D eigenvalue weighted by Crippen LogP contribution is 2.11. The predicted molar refractivity (Wildman–Crippen MR) is 107 cm³/mol. The van der Waals surface area contributed by atoms with Crippen molar-refractivity contribution in [3.8, 4) is 5.75 Å². The summed E-state index contributed by atoms with van der Waals surface area (Å²) >= 11 is 0. The molecule has 1 atom stereocenters. The summed E-state index contributed by atoms with van der Waals surface area (Å²) in [5.74, 6) is 0.279. The molecule has 5 nitrogen and oxygen atoms in total. The first-order valence-corrected chi connectivity index (χ1v) is 9.21. The first kappa shape index (κ1) is 20.5. The van der Waals surface area contributed by atoms with Crippen LogP contribution in [0, 0.1) is 19.8 Å². The fraction of sp³-hybridized carbons (Fsp3) is 0.364. The third kappa shape index (κ3) is 6.44. The highest BCUT2D eigenvalue weighted by Gasteiger charge is 2.24. The summed E-state index contributed by atoms with van der Waals surface area (Å²) in [7, 11) is 0. The van der Waals surface area contributed by atoms with Crippen LogP contribution in [0.2, 0.25) is 0 Å². The van der Waals surface area contributed by atoms with Gasteiger partial charge in [0.05, 0.1) is 6.54 Å². The zero-order valence-corrected chi connectivity index (χ0v) is 16.4. The molecule has 0 radical (unpaired) electrons. The van der Waals surface area contributed by atoms with Gasteiger partial charge < -0.3 is 15.4 Å². The lowest BCUT2D eigenvalue weighted by Crippen LogP contribution is -2.50. The van der Waals surface area contributed by atoms with Crippen molar-refractivity contribution in [3.63, 3.8) is 0 Å². The number of amides is 2. The molecule has 0 heterocycles. The molecule has 0 bridgehead atoms. The van der Waals surface area contributed by atoms with Crippen molar-refractivity contribution < 1.29 is 14.3 Å². The van der Waals surface area contributed by atoms with E-state index in [1.807, 2.05) is 64.1 Å². The molecule has 0 saturated heterocycles. The van der Waals surface area contributed by atoms with Crippen LogP contribution in [0.25, 0.3) is 0 Å². The van der Waals surface area contributed by atoms with Gasteiger partial charge in [0.1, 0.15) is 18.4 Å². The van der Waals surface area contributed by atoms with Crippen LogP contribution in [-0.2, 0) is 4.79 Å². The molecule has 2 rings (SSSR count). The molecule has 2 amide bonds. The average Bonchev–Trinajstić information content (AvgIpc) is 2.64. The quantitative estimate of drug-likeness (QED) is 0.703. The molecule has 1 unspecified atom stereocenters. The molecule has 144 valence electrons. The van der Waals surface area contributed by atoms with E-state index in [1.165, 1.54) is 5.56 Å². The van der Waals surface area contributed by atoms with Gasteiger partial charge in [0.25, 0.3) is 5.91 Å². The molecule has 0 spiro atoms. The van der Waals surface area contributed by atoms with Gasteiger partial charge in [-0.15, -0.1) is 0 Å². The molecular weight excluding hydrogens is 340 g/mol. The van der Waals surface area contributed by atoms with Gasteiger partial charge in [0.15, 0.2) is 0 Å². The number of rotatable bonds is 8. The standard InChI is InChI=1S/C22H28N2O3/c1-15(2)20(24-21(25)18-7-5-6-17(4)14-18)22(26)23-12-13-27-19-10-8-16(3)9-11-19/h5-11,14-15,20H,12-13H2,1-4H3,(H,23,26)(H,24,25). The number of aryl methyl sites for hydroxylation is 2. The summed E-state index contributed by atoms with van der Waals surface area (Å²) in [6, 6.07) is 14.5. The normalized spacial score (nSPS) is 11.7. The maximum absolute atomic E-state index is 12.5. The second-order valence-electron chi connectivity index (χ2n) is 7.02. The predicted octanol–water partition coefficient (Wildman–Crippen LogP) is 3.25. The molecule has 27 heavy (non-hydrogen) atoms. The van der Waals surface area contributed by atoms with Crippen molar-refractivity contribution in [2.75, 3.05) is 13.2 Å². The Morgan fingerprint density at radius 1 is 1.00 bits per heavy atom. The van der Waals surface area contributed by atoms with Crippen molar-refractivity contribution in [2.24, 2.45) is 5.92 Å². The lowest BCUT2D eigenvalue weighted by Gasteiger charge is -2.22. The largest absolute Gasteiger partial charge is 0.492 e. The minimum Gasteiger partial charge on any atom is -0.492 e. The molecule has 5 heteroatoms. The maximum Gasteiger partial charge on any atom is 0.251 e. The number of ether oxygens (including phenoxy) is 1. The van der Waals surface area contributed by atoms with E-state index in [4.69, 9.17) is 4.74 Å². The summed E-state index contributed by atoms with van der Waals surface area (Å²) in [5, 5.41) is 5.67. The molecule has 0 aromatic heterocycles. The molecule has 0 saturated carbocycles. The van der Waals surface area contributed by atoms with Crippen LogP contribution in [0.5, 0.6) is 5.75 Å². The lowest BCUT2D eigenvalue weighted by molar-refractivity contribution is -0.124. The van der Waals surface area contributed by atoms with Crippen molar-refractivity contribution in [3.05, 3.63) is 65.2 Å². The van der Waals surface area contributed by atoms with E-state index in [0.717, 1.165) is 11.3 Å². The van der Waals surface area contributed by atoms with Gasteiger partial charge >= 0.3 is 0 Å². The van der Waals surface area contributed by atoms with E-state index >= 15 is 0 Å². The summed E-state index contributed by atoms with van der Waals surface area (Å²) in [5.41, 5.74) is 2.72. The second kappa shape index (κ2) is 9.76. The van der Waals surface area contributed by atoms with Crippen molar-refractivity contribution in [2.45, 2.75) is 33.7 Å². The number of hydrogen-bond donors (Lipinski definition) is 2. The number of carbonyl (C=O) groups excluding carboxylic acids is 2. The van der Waals surface area contributed by atoms with Gasteiger partial charge in [-0.3, -0.25) is 9.59 Å². The van der Waals surface area contributed by atoms with Crippen molar-refractivity contribution in [1.29, 1.82) is 0 Å². The van der Waals surface area contributed by atoms with Gasteiger partial charge in [0, 0.05) is 5.56 Å². The Labute approximate surface area is 161 Å². The molecular formula is C22H28N2O3. The van der Waals surface area contributed by atoms with E-state index < -0.39 is 6.04 Å². The fourth-order valence-corrected chi connectivity index (χ4v) is 2.63. The first-order valence-electron chi connectivity index (χ1n) is 9.21. The molecule has 0 aliphatic heterocycles. The SMILES string of the molecule is Cc1ccc(OCCNC(=O)C(NC(=O)c2cccc(C)c2)C(C)C)cc1. The van der Waals surface area contributed by atoms with Gasteiger partial charge in [-0.05, 0) is 44.0 Å². The highest BCUT2D eigenvalue weighted by molar-refractivity contribution is 5.97. The van der Waals surface area contributed by atoms with Crippen LogP contribution in [0.1, 0.15) is 35.3 Å². The van der Waals surface area contributed by atoms with E-state index in [0.29, 0.717) is 18.7 Å². The topological polar surface area (TPSA) is 67.4 Å². The Morgan fingerprint density at radius 2 is 1.70 bits per heavy atom. The van der Waals surface area contributed by atoms with E-state index in [-0.39, 0.29) is 17.7 Å². The Morgan fingerprint density at radius 3 is 2.33 bits per heavy atom. The summed E-state index contributed by atoms with van der Waals surface area (Å²) < 4.78 is 5.61. The number of nitrogens with one attached hydrogen (secondary N) is 2. The molecule has 0 fully saturated rings. The molecule has 2 aromatic rings. The van der Waals surface area contributed by atoms with E-state index in [9.17, 15) is 9.59 Å². The zero-order chi connectivity index (χ0) is 19.8. The summed E-state index contributed by atoms with van der Waals surface area (Å²) in [6.45, 7) is 8.49. The Balaban J connectivity index is 1.85. The van der Waals surface area contributed by atoms with Crippen LogP contribution >= 0.6 is 0 Å². The maximum atomic E-state index is 12.5. The fourth-order valence-electron chi connectivity index (χ4n) is 2.63. The summed E-state index contributed by atoms with van der Waals surface area (Å²) in [4.78, 5) is 24.9. The van der Waals surface area contributed by atoms with Crippen LogP contribution in [0.4, 0.5) is 0 Å². The van der Waals surface area contributed by atoms with E-state index in [2.05, 4.69) is 10.6 Å². The Kier molecular flexibility index (Phi) is 7.41. The summed E-state index contributed by atoms with van der Waals surface area (Å²) in [6.07, 6.45) is 0. The van der Waals surface area contributed by atoms with Crippen molar-refractivity contribution >= 4 is 11.8 Å². The van der Waals surface area contributed by atoms with Gasteiger partial charge in [-0.25, -0.2) is 0 Å². The third-order valence-electron chi connectivity index (χ3n) is 4.21. The Hall–Kier alpha value is -2.82. The van der Waals surface area contributed by atoms with Crippen LogP contribution in [-0.4, -0.2) is 31.0 Å². The van der Waals surface area contributed by atoms with Crippen LogP contribution in [0.3, 0.4) is 0 Å². The monoisotopic (exact) mass is 368 g/mol. The minimum absolute atomic E-state index is 0.0308. The van der Waals surface area contributed by atoms with Crippen molar-refractivity contribution in [1.82, 2.24) is 10.6 Å². The van der Waals surface area contributed by atoms with E-state index in [1.54, 1.807) is 12.1 Å². The third-order valence-corrected chi connectivity index (χ3v) is 4.21. The van der Waals surface area contributed by atoms with Crippen LogP contribution < -0.4 is 15.4 Å². The van der Waals surface area contributed by atoms with Gasteiger partial charge in [-0.1, -0.05) is 49.2 Å². The number of benzene rings is 2.